The molecule has 1 aromatic carbocycles. The van der Waals surface area contributed by atoms with Crippen LogP contribution >= 0.6 is 11.6 Å². The molecule has 2 rings (SSSR count). The molecule has 15 heavy (non-hydrogen) atoms. The average Bonchev–Trinajstić information content (AvgIpc) is 2.69. The molecule has 0 spiro atoms. The molecule has 76 valence electrons. The van der Waals surface area contributed by atoms with Crippen molar-refractivity contribution < 1.29 is 9.32 Å². The first kappa shape index (κ1) is 9.86. The number of nitrogens with zero attached hydrogens (tertiary/aromatic N) is 2. The van der Waals surface area contributed by atoms with Crippen LogP contribution in [0.3, 0.4) is 0 Å². The van der Waals surface area contributed by atoms with E-state index in [1.807, 2.05) is 18.2 Å². The molecule has 1 aromatic heterocycles. The van der Waals surface area contributed by atoms with E-state index in [0.717, 1.165) is 5.56 Å². The van der Waals surface area contributed by atoms with E-state index < -0.39 is 0 Å². The maximum Gasteiger partial charge on any atom is 0.290 e. The first-order valence-electron chi connectivity index (χ1n) is 4.31. The summed E-state index contributed by atoms with van der Waals surface area (Å²) in [6, 6.07) is 7.39. The van der Waals surface area contributed by atoms with E-state index in [-0.39, 0.29) is 5.89 Å². The Bertz CT molecular complexity index is 482. The summed E-state index contributed by atoms with van der Waals surface area (Å²) in [4.78, 5) is 14.2. The lowest BCUT2D eigenvalue weighted by Crippen LogP contribution is -1.91. The van der Waals surface area contributed by atoms with Crippen molar-refractivity contribution in [2.75, 3.05) is 0 Å². The molecule has 0 amide bonds. The minimum absolute atomic E-state index is 0.0166. The van der Waals surface area contributed by atoms with Crippen LogP contribution in [-0.4, -0.2) is 16.4 Å². The monoisotopic (exact) mass is 222 g/mol. The molecule has 0 aliphatic carbocycles. The fraction of sp³-hybridized carbons (Fsp3) is 0.100. The zero-order valence-corrected chi connectivity index (χ0v) is 8.44. The highest BCUT2D eigenvalue weighted by Gasteiger charge is 2.07. The molecule has 0 unspecified atom stereocenters. The van der Waals surface area contributed by atoms with Gasteiger partial charge in [0, 0.05) is 11.4 Å². The van der Waals surface area contributed by atoms with E-state index in [1.54, 1.807) is 6.07 Å². The van der Waals surface area contributed by atoms with Crippen molar-refractivity contribution in [2.45, 2.75) is 6.42 Å². The van der Waals surface area contributed by atoms with Crippen molar-refractivity contribution in [3.05, 3.63) is 46.6 Å². The second-order valence-electron chi connectivity index (χ2n) is 2.93. The predicted molar refractivity (Wildman–Crippen MR) is 53.9 cm³/mol. The summed E-state index contributed by atoms with van der Waals surface area (Å²) in [7, 11) is 0. The second-order valence-corrected chi connectivity index (χ2v) is 3.34. The molecular formula is C10H7ClN2O2. The molecule has 0 aliphatic heterocycles. The highest BCUT2D eigenvalue weighted by molar-refractivity contribution is 6.31. The summed E-state index contributed by atoms with van der Waals surface area (Å²) in [6.45, 7) is 0. The third kappa shape index (κ3) is 2.22. The number of carbonyl (C=O) groups is 1. The van der Waals surface area contributed by atoms with Gasteiger partial charge in [-0.2, -0.15) is 4.98 Å². The van der Waals surface area contributed by atoms with Gasteiger partial charge in [-0.05, 0) is 11.6 Å². The first-order valence-corrected chi connectivity index (χ1v) is 4.68. The maximum atomic E-state index is 10.3. The van der Waals surface area contributed by atoms with Gasteiger partial charge in [-0.1, -0.05) is 35.0 Å². The van der Waals surface area contributed by atoms with Gasteiger partial charge in [0.05, 0.1) is 0 Å². The molecule has 0 radical (unpaired) electrons. The molecule has 0 atom stereocenters. The SMILES string of the molecule is O=Cc1nc(Cc2ccccc2Cl)no1. The van der Waals surface area contributed by atoms with Gasteiger partial charge in [-0.25, -0.2) is 0 Å². The number of aldehydes is 1. The number of aromatic nitrogens is 2. The highest BCUT2D eigenvalue weighted by atomic mass is 35.5. The zero-order chi connectivity index (χ0) is 10.7. The Morgan fingerprint density at radius 3 is 2.87 bits per heavy atom. The Kier molecular flexibility index (Phi) is 2.78. The number of carbonyl (C=O) groups excluding carboxylic acids is 1. The van der Waals surface area contributed by atoms with Gasteiger partial charge < -0.3 is 4.52 Å². The lowest BCUT2D eigenvalue weighted by molar-refractivity contribution is 0.108. The summed E-state index contributed by atoms with van der Waals surface area (Å²) < 4.78 is 4.65. The molecule has 4 nitrogen and oxygen atoms in total. The van der Waals surface area contributed by atoms with Crippen LogP contribution in [0.2, 0.25) is 5.02 Å². The van der Waals surface area contributed by atoms with Crippen LogP contribution in [0, 0.1) is 0 Å². The van der Waals surface area contributed by atoms with Gasteiger partial charge in [0.1, 0.15) is 0 Å². The quantitative estimate of drug-likeness (QED) is 0.747. The summed E-state index contributed by atoms with van der Waals surface area (Å²) in [6.07, 6.45) is 0.972. The number of halogens is 1. The minimum atomic E-state index is -0.0166. The predicted octanol–water partition coefficient (Wildman–Crippen LogP) is 2.13. The Labute approximate surface area is 90.9 Å². The van der Waals surface area contributed by atoms with Crippen LogP contribution in [0.25, 0.3) is 0 Å². The van der Waals surface area contributed by atoms with Crippen molar-refractivity contribution in [2.24, 2.45) is 0 Å². The summed E-state index contributed by atoms with van der Waals surface area (Å²) in [5.41, 5.74) is 0.900. The lowest BCUT2D eigenvalue weighted by Gasteiger charge is -1.98. The average molecular weight is 223 g/mol. The highest BCUT2D eigenvalue weighted by Crippen LogP contribution is 2.17. The lowest BCUT2D eigenvalue weighted by atomic mass is 10.1. The summed E-state index contributed by atoms with van der Waals surface area (Å²) in [5, 5.41) is 4.30. The Morgan fingerprint density at radius 1 is 1.40 bits per heavy atom. The summed E-state index contributed by atoms with van der Waals surface area (Å²) >= 11 is 5.96. The van der Waals surface area contributed by atoms with Crippen molar-refractivity contribution in [1.29, 1.82) is 0 Å². The molecule has 2 aromatic rings. The molecule has 1 heterocycles. The van der Waals surface area contributed by atoms with Gasteiger partial charge in [-0.3, -0.25) is 4.79 Å². The molecule has 0 aliphatic rings. The van der Waals surface area contributed by atoms with Crippen LogP contribution in [0.1, 0.15) is 22.1 Å². The number of hydrogen-bond acceptors (Lipinski definition) is 4. The fourth-order valence-electron chi connectivity index (χ4n) is 1.20. The van der Waals surface area contributed by atoms with E-state index in [0.29, 0.717) is 23.6 Å². The van der Waals surface area contributed by atoms with Crippen molar-refractivity contribution in [1.82, 2.24) is 10.1 Å². The minimum Gasteiger partial charge on any atom is -0.331 e. The van der Waals surface area contributed by atoms with Crippen LogP contribution in [0.15, 0.2) is 28.8 Å². The molecule has 5 heteroatoms. The Hall–Kier alpha value is -1.68. The standard InChI is InChI=1S/C10H7ClN2O2/c11-8-4-2-1-3-7(8)5-9-12-10(6-14)15-13-9/h1-4,6H,5H2. The molecule has 0 bridgehead atoms. The topological polar surface area (TPSA) is 56.0 Å². The number of rotatable bonds is 3. The van der Waals surface area contributed by atoms with Crippen LogP contribution in [0.4, 0.5) is 0 Å². The Morgan fingerprint density at radius 2 is 2.20 bits per heavy atom. The second kappa shape index (κ2) is 4.23. The van der Waals surface area contributed by atoms with Crippen LogP contribution in [-0.2, 0) is 6.42 Å². The molecular weight excluding hydrogens is 216 g/mol. The zero-order valence-electron chi connectivity index (χ0n) is 7.68. The van der Waals surface area contributed by atoms with E-state index >= 15 is 0 Å². The van der Waals surface area contributed by atoms with Crippen LogP contribution < -0.4 is 0 Å². The fourth-order valence-corrected chi connectivity index (χ4v) is 1.40. The summed E-state index contributed by atoms with van der Waals surface area (Å²) in [5.74, 6) is 0.433. The Balaban J connectivity index is 2.22. The van der Waals surface area contributed by atoms with Gasteiger partial charge in [0.25, 0.3) is 5.89 Å². The first-order chi connectivity index (χ1) is 7.29. The molecule has 0 saturated carbocycles. The third-order valence-corrected chi connectivity index (χ3v) is 2.26. The van der Waals surface area contributed by atoms with Crippen molar-refractivity contribution in [3.8, 4) is 0 Å². The van der Waals surface area contributed by atoms with E-state index in [9.17, 15) is 4.79 Å². The third-order valence-electron chi connectivity index (χ3n) is 1.89. The van der Waals surface area contributed by atoms with Gasteiger partial charge >= 0.3 is 0 Å². The molecule has 0 fully saturated rings. The van der Waals surface area contributed by atoms with Gasteiger partial charge in [0.2, 0.25) is 6.29 Å². The molecule has 0 N–H and O–H groups in total. The van der Waals surface area contributed by atoms with E-state index in [1.165, 1.54) is 0 Å². The normalized spacial score (nSPS) is 10.2. The van der Waals surface area contributed by atoms with Crippen molar-refractivity contribution in [3.63, 3.8) is 0 Å². The van der Waals surface area contributed by atoms with Crippen LogP contribution in [0.5, 0.6) is 0 Å². The smallest absolute Gasteiger partial charge is 0.290 e. The maximum absolute atomic E-state index is 10.3. The van der Waals surface area contributed by atoms with Gasteiger partial charge in [0.15, 0.2) is 5.82 Å². The number of hydrogen-bond donors (Lipinski definition) is 0. The largest absolute Gasteiger partial charge is 0.331 e. The van der Waals surface area contributed by atoms with E-state index in [2.05, 4.69) is 14.7 Å². The van der Waals surface area contributed by atoms with E-state index in [4.69, 9.17) is 11.6 Å². The molecule has 0 saturated heterocycles. The number of benzene rings is 1. The van der Waals surface area contributed by atoms with Crippen molar-refractivity contribution >= 4 is 17.9 Å². The van der Waals surface area contributed by atoms with Gasteiger partial charge in [-0.15, -0.1) is 0 Å².